The molecular formula is C10H13O6S-. The molecule has 0 bridgehead atoms. The molecule has 0 aliphatic rings. The molecule has 0 N–H and O–H groups in total. The second-order valence-corrected chi connectivity index (χ2v) is 4.64. The van der Waals surface area contributed by atoms with E-state index in [1.54, 1.807) is 0 Å². The Morgan fingerprint density at radius 2 is 1.53 bits per heavy atom. The molecule has 0 spiro atoms. The highest BCUT2D eigenvalue weighted by Crippen LogP contribution is 2.38. The number of benzene rings is 1. The van der Waals surface area contributed by atoms with Gasteiger partial charge in [0.15, 0.2) is 11.5 Å². The SMILES string of the molecule is COc1cc(CS(=O)(=O)[O-])cc(OC)c1OC. The molecule has 1 rings (SSSR count). The fourth-order valence-electron chi connectivity index (χ4n) is 1.42. The quantitative estimate of drug-likeness (QED) is 0.727. The molecule has 0 fully saturated rings. The van der Waals surface area contributed by atoms with Crippen LogP contribution in [0.15, 0.2) is 12.1 Å². The Hall–Kier alpha value is -1.47. The monoisotopic (exact) mass is 261 g/mol. The summed E-state index contributed by atoms with van der Waals surface area (Å²) >= 11 is 0. The van der Waals surface area contributed by atoms with Crippen molar-refractivity contribution in [3.05, 3.63) is 17.7 Å². The van der Waals surface area contributed by atoms with E-state index in [-0.39, 0.29) is 5.56 Å². The van der Waals surface area contributed by atoms with Crippen molar-refractivity contribution in [2.75, 3.05) is 21.3 Å². The predicted molar refractivity (Wildman–Crippen MR) is 59.5 cm³/mol. The lowest BCUT2D eigenvalue weighted by Crippen LogP contribution is -2.03. The van der Waals surface area contributed by atoms with Gasteiger partial charge in [0.05, 0.1) is 37.2 Å². The molecule has 1 aromatic rings. The summed E-state index contributed by atoms with van der Waals surface area (Å²) in [5.41, 5.74) is 0.287. The number of methoxy groups -OCH3 is 3. The molecule has 1 aromatic carbocycles. The third-order valence-corrected chi connectivity index (χ3v) is 2.75. The van der Waals surface area contributed by atoms with Gasteiger partial charge in [-0.15, -0.1) is 0 Å². The Morgan fingerprint density at radius 3 is 1.82 bits per heavy atom. The topological polar surface area (TPSA) is 84.9 Å². The van der Waals surface area contributed by atoms with E-state index in [2.05, 4.69) is 0 Å². The number of rotatable bonds is 5. The largest absolute Gasteiger partial charge is 0.748 e. The third kappa shape index (κ3) is 3.50. The molecule has 7 heteroatoms. The summed E-state index contributed by atoms with van der Waals surface area (Å²) < 4.78 is 47.2. The van der Waals surface area contributed by atoms with Gasteiger partial charge in [0.2, 0.25) is 5.75 Å². The van der Waals surface area contributed by atoms with Gasteiger partial charge in [0.25, 0.3) is 0 Å². The molecule has 6 nitrogen and oxygen atoms in total. The van der Waals surface area contributed by atoms with Crippen LogP contribution in [0.5, 0.6) is 17.2 Å². The molecule has 0 heterocycles. The maximum Gasteiger partial charge on any atom is 0.203 e. The first-order valence-electron chi connectivity index (χ1n) is 4.63. The van der Waals surface area contributed by atoms with Crippen LogP contribution < -0.4 is 14.2 Å². The summed E-state index contributed by atoms with van der Waals surface area (Å²) in [6, 6.07) is 2.85. The number of hydrogen-bond acceptors (Lipinski definition) is 6. The highest BCUT2D eigenvalue weighted by molar-refractivity contribution is 7.84. The molecular weight excluding hydrogens is 248 g/mol. The lowest BCUT2D eigenvalue weighted by molar-refractivity contribution is 0.324. The molecule has 0 saturated heterocycles. The van der Waals surface area contributed by atoms with Gasteiger partial charge in [-0.3, -0.25) is 0 Å². The molecule has 17 heavy (non-hydrogen) atoms. The van der Waals surface area contributed by atoms with Crippen molar-refractivity contribution in [1.82, 2.24) is 0 Å². The minimum atomic E-state index is -4.35. The second-order valence-electron chi connectivity index (χ2n) is 3.24. The number of hydrogen-bond donors (Lipinski definition) is 0. The fraction of sp³-hybridized carbons (Fsp3) is 0.400. The molecule has 0 aliphatic carbocycles. The molecule has 0 saturated carbocycles. The summed E-state index contributed by atoms with van der Waals surface area (Å²) in [6.07, 6.45) is 0. The van der Waals surface area contributed by atoms with E-state index >= 15 is 0 Å². The first-order valence-corrected chi connectivity index (χ1v) is 6.21. The van der Waals surface area contributed by atoms with Crippen LogP contribution in [0.2, 0.25) is 0 Å². The van der Waals surface area contributed by atoms with Crippen LogP contribution in [0.3, 0.4) is 0 Å². The molecule has 0 radical (unpaired) electrons. The first-order chi connectivity index (χ1) is 7.91. The highest BCUT2D eigenvalue weighted by Gasteiger charge is 2.14. The van der Waals surface area contributed by atoms with Crippen LogP contribution >= 0.6 is 0 Å². The van der Waals surface area contributed by atoms with Crippen LogP contribution in [0, 0.1) is 0 Å². The van der Waals surface area contributed by atoms with Crippen molar-refractivity contribution in [2.45, 2.75) is 5.75 Å². The van der Waals surface area contributed by atoms with Gasteiger partial charge in [-0.05, 0) is 17.7 Å². The Labute approximate surface area is 99.9 Å². The van der Waals surface area contributed by atoms with E-state index in [0.29, 0.717) is 17.2 Å². The second kappa shape index (κ2) is 5.24. The Bertz CT molecular complexity index is 469. The van der Waals surface area contributed by atoms with Crippen molar-refractivity contribution in [3.63, 3.8) is 0 Å². The Balaban J connectivity index is 3.27. The van der Waals surface area contributed by atoms with E-state index < -0.39 is 15.9 Å². The average molecular weight is 261 g/mol. The van der Waals surface area contributed by atoms with E-state index in [9.17, 15) is 13.0 Å². The smallest absolute Gasteiger partial charge is 0.203 e. The molecule has 0 atom stereocenters. The van der Waals surface area contributed by atoms with Crippen LogP contribution in [0.4, 0.5) is 0 Å². The van der Waals surface area contributed by atoms with E-state index in [0.717, 1.165) is 0 Å². The minimum absolute atomic E-state index is 0.287. The Morgan fingerprint density at radius 1 is 1.06 bits per heavy atom. The number of ether oxygens (including phenoxy) is 3. The highest BCUT2D eigenvalue weighted by atomic mass is 32.2. The van der Waals surface area contributed by atoms with Crippen molar-refractivity contribution in [2.24, 2.45) is 0 Å². The standard InChI is InChI=1S/C10H14O6S/c1-14-8-4-7(6-17(11,12)13)5-9(15-2)10(8)16-3/h4-5H,6H2,1-3H3,(H,11,12,13)/p-1. The van der Waals surface area contributed by atoms with Gasteiger partial charge in [-0.25, -0.2) is 8.42 Å². The zero-order valence-electron chi connectivity index (χ0n) is 9.72. The molecule has 96 valence electrons. The summed E-state index contributed by atoms with van der Waals surface area (Å²) in [7, 11) is -0.0947. The van der Waals surface area contributed by atoms with Crippen LogP contribution in [0.25, 0.3) is 0 Å². The lowest BCUT2D eigenvalue weighted by Gasteiger charge is -2.14. The third-order valence-electron chi connectivity index (χ3n) is 2.07. The van der Waals surface area contributed by atoms with Crippen LogP contribution in [-0.4, -0.2) is 34.3 Å². The Kier molecular flexibility index (Phi) is 4.19. The van der Waals surface area contributed by atoms with E-state index in [1.807, 2.05) is 0 Å². The lowest BCUT2D eigenvalue weighted by atomic mass is 10.2. The van der Waals surface area contributed by atoms with Crippen molar-refractivity contribution < 1.29 is 27.2 Å². The summed E-state index contributed by atoms with van der Waals surface area (Å²) in [4.78, 5) is 0. The van der Waals surface area contributed by atoms with E-state index in [4.69, 9.17) is 14.2 Å². The summed E-state index contributed by atoms with van der Waals surface area (Å²) in [6.45, 7) is 0. The first kappa shape index (κ1) is 13.6. The van der Waals surface area contributed by atoms with Gasteiger partial charge >= 0.3 is 0 Å². The minimum Gasteiger partial charge on any atom is -0.748 e. The van der Waals surface area contributed by atoms with Gasteiger partial charge in [0.1, 0.15) is 0 Å². The average Bonchev–Trinajstić information content (AvgIpc) is 2.25. The summed E-state index contributed by atoms with van der Waals surface area (Å²) in [5, 5.41) is 0. The van der Waals surface area contributed by atoms with Crippen LogP contribution in [-0.2, 0) is 15.9 Å². The van der Waals surface area contributed by atoms with Crippen molar-refractivity contribution in [3.8, 4) is 17.2 Å². The predicted octanol–water partition coefficient (Wildman–Crippen LogP) is 0.758. The van der Waals surface area contributed by atoms with Crippen molar-refractivity contribution >= 4 is 10.1 Å². The molecule has 0 aromatic heterocycles. The zero-order valence-corrected chi connectivity index (χ0v) is 10.5. The van der Waals surface area contributed by atoms with Gasteiger partial charge in [-0.1, -0.05) is 0 Å². The maximum atomic E-state index is 10.7. The normalized spacial score (nSPS) is 11.1. The van der Waals surface area contributed by atoms with Gasteiger partial charge in [0, 0.05) is 0 Å². The maximum absolute atomic E-state index is 10.7. The van der Waals surface area contributed by atoms with Gasteiger partial charge < -0.3 is 18.8 Å². The molecule has 0 aliphatic heterocycles. The molecule has 0 amide bonds. The summed E-state index contributed by atoms with van der Waals surface area (Å²) in [5.74, 6) is 0.349. The fourth-order valence-corrected chi connectivity index (χ4v) is 2.00. The van der Waals surface area contributed by atoms with Crippen molar-refractivity contribution in [1.29, 1.82) is 0 Å². The van der Waals surface area contributed by atoms with Crippen LogP contribution in [0.1, 0.15) is 5.56 Å². The zero-order chi connectivity index (χ0) is 13.1. The molecule has 0 unspecified atom stereocenters. The van der Waals surface area contributed by atoms with E-state index in [1.165, 1.54) is 33.5 Å². The van der Waals surface area contributed by atoms with Gasteiger partial charge in [-0.2, -0.15) is 0 Å².